The van der Waals surface area contributed by atoms with Crippen molar-refractivity contribution in [2.75, 3.05) is 0 Å². The monoisotopic (exact) mass is 185 g/mol. The minimum atomic E-state index is -1.05. The zero-order chi connectivity index (χ0) is 9.84. The fourth-order valence-electron chi connectivity index (χ4n) is 0.805. The summed E-state index contributed by atoms with van der Waals surface area (Å²) in [5.74, 6) is -1.05. The van der Waals surface area contributed by atoms with Crippen LogP contribution in [0.5, 0.6) is 0 Å². The van der Waals surface area contributed by atoms with Gasteiger partial charge in [-0.25, -0.2) is 8.78 Å². The van der Waals surface area contributed by atoms with E-state index in [1.165, 1.54) is 0 Å². The van der Waals surface area contributed by atoms with E-state index in [1.54, 1.807) is 0 Å². The fraction of sp³-hybridized carbons (Fsp3) is 0. The summed E-state index contributed by atoms with van der Waals surface area (Å²) in [4.78, 5) is 9.56. The largest absolute Gasteiger partial charge is 0.269 e. The Balaban J connectivity index is 3.00. The lowest BCUT2D eigenvalue weighted by atomic mass is 10.2. The Morgan fingerprint density at radius 2 is 1.92 bits per heavy atom. The molecule has 13 heavy (non-hydrogen) atoms. The predicted molar refractivity (Wildman–Crippen MR) is 43.3 cm³/mol. The van der Waals surface area contributed by atoms with Crippen molar-refractivity contribution in [2.24, 2.45) is 0 Å². The maximum atomic E-state index is 12.5. The van der Waals surface area contributed by atoms with E-state index < -0.39 is 10.8 Å². The second-order valence-electron chi connectivity index (χ2n) is 2.26. The first-order chi connectivity index (χ1) is 6.15. The molecule has 0 aliphatic heterocycles. The molecule has 0 heterocycles. The molecule has 0 spiro atoms. The maximum Gasteiger partial charge on any atom is 0.269 e. The van der Waals surface area contributed by atoms with Crippen LogP contribution in [0.2, 0.25) is 0 Å². The number of nitro benzene ring substituents is 1. The molecule has 0 fully saturated rings. The van der Waals surface area contributed by atoms with Crippen molar-refractivity contribution in [2.45, 2.75) is 0 Å². The Hall–Kier alpha value is -1.78. The van der Waals surface area contributed by atoms with Gasteiger partial charge in [0, 0.05) is 17.7 Å². The third kappa shape index (κ3) is 2.08. The number of non-ortho nitro benzene ring substituents is 1. The van der Waals surface area contributed by atoms with Crippen LogP contribution in [-0.2, 0) is 0 Å². The molecule has 0 aliphatic rings. The molecule has 68 valence electrons. The van der Waals surface area contributed by atoms with Crippen molar-refractivity contribution in [1.82, 2.24) is 0 Å². The van der Waals surface area contributed by atoms with Crippen LogP contribution in [0.1, 0.15) is 5.56 Å². The van der Waals surface area contributed by atoms with Crippen molar-refractivity contribution >= 4 is 11.5 Å². The molecule has 0 amide bonds. The molecule has 0 atom stereocenters. The summed E-state index contributed by atoms with van der Waals surface area (Å²) in [6.07, 6.45) is -0.193. The average molecular weight is 185 g/mol. The highest BCUT2D eigenvalue weighted by Gasteiger charge is 2.05. The number of halogens is 2. The lowest BCUT2D eigenvalue weighted by molar-refractivity contribution is -0.384. The van der Waals surface area contributed by atoms with Gasteiger partial charge in [0.25, 0.3) is 5.69 Å². The van der Waals surface area contributed by atoms with Crippen LogP contribution in [0.15, 0.2) is 30.6 Å². The molecule has 0 saturated heterocycles. The SMILES string of the molecule is O=[N+]([O-])c1ccc(/C(F)=C/F)cc1. The van der Waals surface area contributed by atoms with E-state index >= 15 is 0 Å². The molecule has 0 aliphatic carbocycles. The molecular formula is C8H5F2NO2. The van der Waals surface area contributed by atoms with Gasteiger partial charge in [0.05, 0.1) is 4.92 Å². The maximum absolute atomic E-state index is 12.5. The molecule has 1 rings (SSSR count). The molecule has 5 heteroatoms. The van der Waals surface area contributed by atoms with Gasteiger partial charge in [0.2, 0.25) is 0 Å². The quantitative estimate of drug-likeness (QED) is 0.525. The third-order valence-corrected chi connectivity index (χ3v) is 1.45. The van der Waals surface area contributed by atoms with Crippen LogP contribution >= 0.6 is 0 Å². The van der Waals surface area contributed by atoms with Gasteiger partial charge in [-0.05, 0) is 12.1 Å². The Morgan fingerprint density at radius 1 is 1.38 bits per heavy atom. The van der Waals surface area contributed by atoms with Gasteiger partial charge in [-0.3, -0.25) is 10.1 Å². The first kappa shape index (κ1) is 9.31. The molecule has 0 saturated carbocycles. The lowest BCUT2D eigenvalue weighted by Gasteiger charge is -1.94. The topological polar surface area (TPSA) is 43.1 Å². The molecule has 0 bridgehead atoms. The number of rotatable bonds is 2. The second kappa shape index (κ2) is 3.75. The summed E-state index contributed by atoms with van der Waals surface area (Å²) in [7, 11) is 0. The average Bonchev–Trinajstić information content (AvgIpc) is 2.17. The number of nitrogens with zero attached hydrogens (tertiary/aromatic N) is 1. The van der Waals surface area contributed by atoms with E-state index in [-0.39, 0.29) is 17.6 Å². The first-order valence-corrected chi connectivity index (χ1v) is 3.36. The minimum Gasteiger partial charge on any atom is -0.258 e. The molecule has 1 aromatic rings. The van der Waals surface area contributed by atoms with E-state index in [2.05, 4.69) is 0 Å². The fourth-order valence-corrected chi connectivity index (χ4v) is 0.805. The van der Waals surface area contributed by atoms with Gasteiger partial charge in [0.15, 0.2) is 5.83 Å². The first-order valence-electron chi connectivity index (χ1n) is 3.36. The van der Waals surface area contributed by atoms with Crippen molar-refractivity contribution in [3.8, 4) is 0 Å². The number of hydrogen-bond acceptors (Lipinski definition) is 2. The summed E-state index contributed by atoms with van der Waals surface area (Å²) >= 11 is 0. The Morgan fingerprint density at radius 3 is 2.31 bits per heavy atom. The number of hydrogen-bond donors (Lipinski definition) is 0. The zero-order valence-corrected chi connectivity index (χ0v) is 6.41. The van der Waals surface area contributed by atoms with Gasteiger partial charge in [-0.1, -0.05) is 0 Å². The summed E-state index contributed by atoms with van der Waals surface area (Å²) < 4.78 is 24.2. The molecular weight excluding hydrogens is 180 g/mol. The van der Waals surface area contributed by atoms with Crippen LogP contribution in [0.25, 0.3) is 5.83 Å². The van der Waals surface area contributed by atoms with Crippen molar-refractivity contribution < 1.29 is 13.7 Å². The van der Waals surface area contributed by atoms with Crippen LogP contribution in [0.4, 0.5) is 14.5 Å². The van der Waals surface area contributed by atoms with Gasteiger partial charge in [0.1, 0.15) is 6.33 Å². The molecule has 0 aromatic heterocycles. The lowest BCUT2D eigenvalue weighted by Crippen LogP contribution is -1.87. The molecule has 3 nitrogen and oxygen atoms in total. The highest BCUT2D eigenvalue weighted by Crippen LogP contribution is 2.19. The van der Waals surface area contributed by atoms with Crippen molar-refractivity contribution in [1.29, 1.82) is 0 Å². The summed E-state index contributed by atoms with van der Waals surface area (Å²) in [6, 6.07) is 4.50. The Kier molecular flexibility index (Phi) is 2.69. The summed E-state index contributed by atoms with van der Waals surface area (Å²) in [5, 5.41) is 10.2. The highest BCUT2D eigenvalue weighted by molar-refractivity contribution is 5.59. The summed E-state index contributed by atoms with van der Waals surface area (Å²) in [5.41, 5.74) is -0.177. The normalized spacial score (nSPS) is 11.4. The molecule has 0 radical (unpaired) electrons. The number of nitro groups is 1. The van der Waals surface area contributed by atoms with Gasteiger partial charge >= 0.3 is 0 Å². The smallest absolute Gasteiger partial charge is 0.258 e. The van der Waals surface area contributed by atoms with E-state index in [0.29, 0.717) is 0 Å². The summed E-state index contributed by atoms with van der Waals surface area (Å²) in [6.45, 7) is 0. The van der Waals surface area contributed by atoms with Crippen LogP contribution in [-0.4, -0.2) is 4.92 Å². The van der Waals surface area contributed by atoms with Gasteiger partial charge in [-0.2, -0.15) is 0 Å². The van der Waals surface area contributed by atoms with Crippen LogP contribution in [0.3, 0.4) is 0 Å². The zero-order valence-electron chi connectivity index (χ0n) is 6.41. The minimum absolute atomic E-state index is 0.0203. The Labute approximate surface area is 72.5 Å². The van der Waals surface area contributed by atoms with E-state index in [9.17, 15) is 18.9 Å². The standard InChI is InChI=1S/C8H5F2NO2/c9-5-8(10)6-1-3-7(4-2-6)11(12)13/h1-5H/b8-5-. The van der Waals surface area contributed by atoms with E-state index in [4.69, 9.17) is 0 Å². The highest BCUT2D eigenvalue weighted by atomic mass is 19.2. The number of benzene rings is 1. The van der Waals surface area contributed by atoms with E-state index in [0.717, 1.165) is 24.3 Å². The molecule has 0 N–H and O–H groups in total. The van der Waals surface area contributed by atoms with Crippen molar-refractivity contribution in [3.05, 3.63) is 46.3 Å². The predicted octanol–water partition coefficient (Wildman–Crippen LogP) is 2.83. The van der Waals surface area contributed by atoms with Crippen LogP contribution < -0.4 is 0 Å². The molecule has 1 aromatic carbocycles. The molecule has 0 unspecified atom stereocenters. The van der Waals surface area contributed by atoms with Crippen molar-refractivity contribution in [3.63, 3.8) is 0 Å². The van der Waals surface area contributed by atoms with E-state index in [1.807, 2.05) is 0 Å². The van der Waals surface area contributed by atoms with Gasteiger partial charge in [-0.15, -0.1) is 0 Å². The Bertz CT molecular complexity index is 346. The van der Waals surface area contributed by atoms with Crippen LogP contribution in [0, 0.1) is 10.1 Å². The third-order valence-electron chi connectivity index (χ3n) is 1.45. The second-order valence-corrected chi connectivity index (χ2v) is 2.26. The van der Waals surface area contributed by atoms with Gasteiger partial charge < -0.3 is 0 Å².